The maximum Gasteiger partial charge on any atom is 0.307 e. The quantitative estimate of drug-likeness (QED) is 0.143. The molecule has 0 aliphatic heterocycles. The third kappa shape index (κ3) is 11.3. The molecule has 0 bridgehead atoms. The summed E-state index contributed by atoms with van der Waals surface area (Å²) < 4.78 is 16.3. The smallest absolute Gasteiger partial charge is 0.307 e. The van der Waals surface area contributed by atoms with Crippen LogP contribution in [-0.4, -0.2) is 54.7 Å². The van der Waals surface area contributed by atoms with Crippen molar-refractivity contribution in [3.05, 3.63) is 36.2 Å². The number of hydrogen-bond donors (Lipinski definition) is 4. The van der Waals surface area contributed by atoms with Gasteiger partial charge in [0.05, 0.1) is 18.4 Å². The first kappa shape index (κ1) is 31.0. The number of carbonyl (C=O) groups excluding carboxylic acids is 1. The van der Waals surface area contributed by atoms with Gasteiger partial charge in [-0.3, -0.25) is 4.79 Å². The van der Waals surface area contributed by atoms with E-state index in [0.717, 1.165) is 19.3 Å². The van der Waals surface area contributed by atoms with E-state index in [9.17, 15) is 25.2 Å². The van der Waals surface area contributed by atoms with Gasteiger partial charge >= 0.3 is 5.97 Å². The van der Waals surface area contributed by atoms with Crippen LogP contribution in [-0.2, 0) is 9.53 Å². The van der Waals surface area contributed by atoms with Gasteiger partial charge in [-0.2, -0.15) is 0 Å². The number of esters is 1. The zero-order valence-electron chi connectivity index (χ0n) is 22.1. The number of rotatable bonds is 20. The maximum absolute atomic E-state index is 12.5. The molecule has 10 heteroatoms. The SMILES string of the molecule is CCCCCCCCCCCCCC(=O)O[C@@H](c1cnco1)c1nc([C@@H](O)C[C@H](O)[C@H](O)[C@H](C)O)co1. The lowest BCUT2D eigenvalue weighted by atomic mass is 10.0. The molecule has 4 N–H and O–H groups in total. The molecule has 10 nitrogen and oxygen atoms in total. The van der Waals surface area contributed by atoms with Gasteiger partial charge in [-0.15, -0.1) is 0 Å². The number of nitrogens with zero attached hydrogens (tertiary/aromatic N) is 2. The first-order valence-corrected chi connectivity index (χ1v) is 13.6. The largest absolute Gasteiger partial charge is 0.445 e. The van der Waals surface area contributed by atoms with Crippen LogP contribution >= 0.6 is 0 Å². The van der Waals surface area contributed by atoms with E-state index < -0.39 is 36.5 Å². The highest BCUT2D eigenvalue weighted by Crippen LogP contribution is 2.29. The Morgan fingerprint density at radius 1 is 0.946 bits per heavy atom. The molecule has 0 saturated carbocycles. The van der Waals surface area contributed by atoms with Gasteiger partial charge in [0.15, 0.2) is 12.2 Å². The Kier molecular flexibility index (Phi) is 14.5. The van der Waals surface area contributed by atoms with Crippen molar-refractivity contribution in [2.24, 2.45) is 0 Å². The second-order valence-electron chi connectivity index (χ2n) is 9.72. The predicted molar refractivity (Wildman–Crippen MR) is 135 cm³/mol. The lowest BCUT2D eigenvalue weighted by molar-refractivity contribution is -0.149. The average Bonchev–Trinajstić information content (AvgIpc) is 3.58. The number of aliphatic hydroxyl groups is 4. The third-order valence-electron chi connectivity index (χ3n) is 6.40. The Morgan fingerprint density at radius 3 is 2.14 bits per heavy atom. The molecular formula is C27H44N2O8. The van der Waals surface area contributed by atoms with Gasteiger partial charge in [-0.25, -0.2) is 9.97 Å². The number of unbranched alkanes of at least 4 members (excludes halogenated alkanes) is 10. The maximum atomic E-state index is 12.5. The van der Waals surface area contributed by atoms with Crippen LogP contribution in [0.1, 0.15) is 127 Å². The Morgan fingerprint density at radius 2 is 1.57 bits per heavy atom. The normalized spacial score (nSPS) is 15.7. The highest BCUT2D eigenvalue weighted by Gasteiger charge is 2.30. The fraction of sp³-hybridized carbons (Fsp3) is 0.741. The topological polar surface area (TPSA) is 159 Å². The first-order chi connectivity index (χ1) is 17.8. The zero-order chi connectivity index (χ0) is 27.0. The van der Waals surface area contributed by atoms with E-state index in [0.29, 0.717) is 0 Å². The lowest BCUT2D eigenvalue weighted by Crippen LogP contribution is -2.36. The van der Waals surface area contributed by atoms with Crippen LogP contribution in [0.4, 0.5) is 0 Å². The van der Waals surface area contributed by atoms with Crippen molar-refractivity contribution in [2.75, 3.05) is 0 Å². The Labute approximate surface area is 219 Å². The van der Waals surface area contributed by atoms with Gasteiger partial charge in [0.25, 0.3) is 0 Å². The summed E-state index contributed by atoms with van der Waals surface area (Å²) in [5.41, 5.74) is 0.0813. The van der Waals surface area contributed by atoms with Crippen LogP contribution in [0.3, 0.4) is 0 Å². The number of carbonyl (C=O) groups is 1. The summed E-state index contributed by atoms with van der Waals surface area (Å²) >= 11 is 0. The summed E-state index contributed by atoms with van der Waals surface area (Å²) in [7, 11) is 0. The molecule has 2 heterocycles. The molecular weight excluding hydrogens is 480 g/mol. The molecule has 5 atom stereocenters. The third-order valence-corrected chi connectivity index (χ3v) is 6.40. The molecule has 0 spiro atoms. The van der Waals surface area contributed by atoms with E-state index in [1.807, 2.05) is 0 Å². The second-order valence-corrected chi connectivity index (χ2v) is 9.72. The molecule has 37 heavy (non-hydrogen) atoms. The van der Waals surface area contributed by atoms with Crippen LogP contribution < -0.4 is 0 Å². The van der Waals surface area contributed by atoms with Gasteiger partial charge in [0.1, 0.15) is 24.2 Å². The highest BCUT2D eigenvalue weighted by atomic mass is 16.6. The Bertz CT molecular complexity index is 854. The summed E-state index contributed by atoms with van der Waals surface area (Å²) in [5.74, 6) is -0.212. The van der Waals surface area contributed by atoms with Crippen LogP contribution in [0, 0.1) is 0 Å². The molecule has 0 aromatic carbocycles. The molecule has 0 amide bonds. The number of ether oxygens (including phenoxy) is 1. The standard InChI is InChI=1S/C27H44N2O8/c1-3-4-5-6-7-8-9-10-11-12-13-14-24(33)37-26(23-16-28-18-36-23)27-29-20(17-35-27)21(31)15-22(32)25(34)19(2)30/h16-19,21-22,25-26,30-32,34H,3-15H2,1-2H3/t19-,21-,22-,25+,26-/m0/s1. The molecule has 0 saturated heterocycles. The molecule has 0 aliphatic rings. The van der Waals surface area contributed by atoms with Crippen molar-refractivity contribution in [1.82, 2.24) is 9.97 Å². The van der Waals surface area contributed by atoms with Crippen LogP contribution in [0.5, 0.6) is 0 Å². The van der Waals surface area contributed by atoms with Crippen molar-refractivity contribution in [3.8, 4) is 0 Å². The van der Waals surface area contributed by atoms with E-state index in [1.54, 1.807) is 0 Å². The van der Waals surface area contributed by atoms with Crippen LogP contribution in [0.15, 0.2) is 27.7 Å². The summed E-state index contributed by atoms with van der Waals surface area (Å²) in [6.45, 7) is 3.56. The van der Waals surface area contributed by atoms with Gasteiger partial charge in [0, 0.05) is 12.8 Å². The zero-order valence-corrected chi connectivity index (χ0v) is 22.1. The van der Waals surface area contributed by atoms with Crippen LogP contribution in [0.2, 0.25) is 0 Å². The van der Waals surface area contributed by atoms with Gasteiger partial charge in [0.2, 0.25) is 12.0 Å². The predicted octanol–water partition coefficient (Wildman–Crippen LogP) is 4.52. The molecule has 0 aliphatic carbocycles. The van der Waals surface area contributed by atoms with Crippen molar-refractivity contribution in [2.45, 2.75) is 128 Å². The lowest BCUT2D eigenvalue weighted by Gasteiger charge is -2.21. The number of aliphatic hydroxyl groups excluding tert-OH is 4. The molecule has 2 aromatic heterocycles. The number of oxazole rings is 2. The summed E-state index contributed by atoms with van der Waals surface area (Å²) in [6.07, 6.45) is 10.5. The molecule has 0 radical (unpaired) electrons. The van der Waals surface area contributed by atoms with E-state index >= 15 is 0 Å². The summed E-state index contributed by atoms with van der Waals surface area (Å²) in [6, 6.07) is 0. The highest BCUT2D eigenvalue weighted by molar-refractivity contribution is 5.69. The monoisotopic (exact) mass is 524 g/mol. The van der Waals surface area contributed by atoms with Crippen LogP contribution in [0.25, 0.3) is 0 Å². The van der Waals surface area contributed by atoms with E-state index in [2.05, 4.69) is 16.9 Å². The van der Waals surface area contributed by atoms with Crippen molar-refractivity contribution >= 4 is 5.97 Å². The van der Waals surface area contributed by atoms with Gasteiger partial charge < -0.3 is 34.0 Å². The molecule has 0 unspecified atom stereocenters. The minimum Gasteiger partial charge on any atom is -0.445 e. The number of hydrogen-bond acceptors (Lipinski definition) is 10. The first-order valence-electron chi connectivity index (χ1n) is 13.6. The van der Waals surface area contributed by atoms with E-state index in [1.165, 1.54) is 77.1 Å². The Hall–Kier alpha value is -2.27. The van der Waals surface area contributed by atoms with Crippen molar-refractivity contribution < 1.29 is 38.8 Å². The second kappa shape index (κ2) is 17.3. The van der Waals surface area contributed by atoms with E-state index in [-0.39, 0.29) is 30.2 Å². The minimum absolute atomic E-state index is 0.0105. The van der Waals surface area contributed by atoms with E-state index in [4.69, 9.17) is 13.6 Å². The average molecular weight is 525 g/mol. The minimum atomic E-state index is -1.42. The molecule has 0 fully saturated rings. The number of aromatic nitrogens is 2. The fourth-order valence-corrected chi connectivity index (χ4v) is 4.09. The van der Waals surface area contributed by atoms with Gasteiger partial charge in [-0.05, 0) is 13.3 Å². The van der Waals surface area contributed by atoms with Gasteiger partial charge in [-0.1, -0.05) is 71.1 Å². The fourth-order valence-electron chi connectivity index (χ4n) is 4.09. The molecule has 2 rings (SSSR count). The summed E-state index contributed by atoms with van der Waals surface area (Å²) in [5, 5.41) is 39.5. The summed E-state index contributed by atoms with van der Waals surface area (Å²) in [4.78, 5) is 20.6. The van der Waals surface area contributed by atoms with Crippen molar-refractivity contribution in [3.63, 3.8) is 0 Å². The molecule has 2 aromatic rings. The molecule has 210 valence electrons. The Balaban J connectivity index is 1.79. The van der Waals surface area contributed by atoms with Crippen molar-refractivity contribution in [1.29, 1.82) is 0 Å².